The summed E-state index contributed by atoms with van der Waals surface area (Å²) >= 11 is 0. The molecule has 1 heterocycles. The van der Waals surface area contributed by atoms with Crippen molar-refractivity contribution in [1.29, 1.82) is 0 Å². The molecule has 21 heavy (non-hydrogen) atoms. The summed E-state index contributed by atoms with van der Waals surface area (Å²) in [5.74, 6) is -1.43. The number of hydrogen-bond acceptors (Lipinski definition) is 3. The van der Waals surface area contributed by atoms with E-state index >= 15 is 0 Å². The summed E-state index contributed by atoms with van der Waals surface area (Å²) in [6, 6.07) is 8.19. The van der Waals surface area contributed by atoms with Crippen molar-refractivity contribution in [3.05, 3.63) is 29.8 Å². The van der Waals surface area contributed by atoms with Gasteiger partial charge in [-0.2, -0.15) is 13.2 Å². The molecule has 0 bridgehead atoms. The number of aryl methyl sites for hydroxylation is 1. The fourth-order valence-electron chi connectivity index (χ4n) is 2.64. The number of anilines is 1. The lowest BCUT2D eigenvalue weighted by molar-refractivity contribution is -0.176. The molecule has 1 aliphatic heterocycles. The Kier molecular flexibility index (Phi) is 5.11. The molecule has 0 saturated carbocycles. The molecule has 1 aromatic carbocycles. The molecule has 1 aromatic rings. The topological polar surface area (TPSA) is 32.5 Å². The van der Waals surface area contributed by atoms with E-state index in [1.807, 2.05) is 30.0 Å². The zero-order valence-electron chi connectivity index (χ0n) is 12.2. The van der Waals surface area contributed by atoms with E-state index in [1.165, 1.54) is 5.56 Å². The number of alkyl halides is 3. The van der Waals surface area contributed by atoms with Gasteiger partial charge < -0.3 is 10.6 Å². The van der Waals surface area contributed by atoms with Crippen LogP contribution in [-0.4, -0.2) is 50.3 Å². The van der Waals surface area contributed by atoms with Crippen molar-refractivity contribution >= 4 is 5.69 Å². The lowest BCUT2D eigenvalue weighted by atomic mass is 10.1. The van der Waals surface area contributed by atoms with Crippen LogP contribution in [0.15, 0.2) is 24.3 Å². The lowest BCUT2D eigenvalue weighted by Gasteiger charge is -2.37. The van der Waals surface area contributed by atoms with Crippen molar-refractivity contribution in [3.63, 3.8) is 0 Å². The highest BCUT2D eigenvalue weighted by Crippen LogP contribution is 2.27. The van der Waals surface area contributed by atoms with Crippen molar-refractivity contribution < 1.29 is 13.2 Å². The zero-order valence-corrected chi connectivity index (χ0v) is 12.2. The SMILES string of the molecule is Cc1cccc(N2CCN(CC(CN)C(F)(F)F)CC2)c1. The van der Waals surface area contributed by atoms with Crippen LogP contribution < -0.4 is 10.6 Å². The Morgan fingerprint density at radius 2 is 1.86 bits per heavy atom. The Labute approximate surface area is 123 Å². The molecule has 6 heteroatoms. The summed E-state index contributed by atoms with van der Waals surface area (Å²) in [6.45, 7) is 4.47. The summed E-state index contributed by atoms with van der Waals surface area (Å²) in [7, 11) is 0. The van der Waals surface area contributed by atoms with Crippen molar-refractivity contribution in [2.45, 2.75) is 13.1 Å². The lowest BCUT2D eigenvalue weighted by Crippen LogP contribution is -2.50. The van der Waals surface area contributed by atoms with Gasteiger partial charge in [0.1, 0.15) is 0 Å². The monoisotopic (exact) mass is 301 g/mol. The molecule has 1 saturated heterocycles. The average Bonchev–Trinajstić information content (AvgIpc) is 2.44. The van der Waals surface area contributed by atoms with Crippen molar-refractivity contribution in [2.75, 3.05) is 44.2 Å². The molecule has 3 nitrogen and oxygen atoms in total. The van der Waals surface area contributed by atoms with Crippen molar-refractivity contribution in [3.8, 4) is 0 Å². The third-order valence-electron chi connectivity index (χ3n) is 3.97. The zero-order chi connectivity index (χ0) is 15.5. The minimum atomic E-state index is -4.21. The minimum absolute atomic E-state index is 0.00164. The van der Waals surface area contributed by atoms with Gasteiger partial charge in [0.25, 0.3) is 0 Å². The fraction of sp³-hybridized carbons (Fsp3) is 0.600. The summed E-state index contributed by atoms with van der Waals surface area (Å²) in [5, 5.41) is 0. The quantitative estimate of drug-likeness (QED) is 0.926. The maximum Gasteiger partial charge on any atom is 0.394 e. The molecule has 1 unspecified atom stereocenters. The number of nitrogens with zero attached hydrogens (tertiary/aromatic N) is 2. The third-order valence-corrected chi connectivity index (χ3v) is 3.97. The van der Waals surface area contributed by atoms with Gasteiger partial charge in [0, 0.05) is 45.0 Å². The van der Waals surface area contributed by atoms with Gasteiger partial charge in [0.05, 0.1) is 5.92 Å². The van der Waals surface area contributed by atoms with Gasteiger partial charge in [-0.3, -0.25) is 4.90 Å². The van der Waals surface area contributed by atoms with Gasteiger partial charge >= 0.3 is 6.18 Å². The van der Waals surface area contributed by atoms with E-state index in [0.29, 0.717) is 13.1 Å². The molecule has 1 aliphatic rings. The van der Waals surface area contributed by atoms with E-state index in [2.05, 4.69) is 11.0 Å². The summed E-state index contributed by atoms with van der Waals surface area (Å²) in [4.78, 5) is 4.08. The van der Waals surface area contributed by atoms with E-state index < -0.39 is 12.1 Å². The van der Waals surface area contributed by atoms with Crippen LogP contribution in [0.5, 0.6) is 0 Å². The molecule has 2 rings (SSSR count). The van der Waals surface area contributed by atoms with Crippen LogP contribution in [0.25, 0.3) is 0 Å². The molecule has 0 aliphatic carbocycles. The molecule has 0 amide bonds. The molecule has 0 spiro atoms. The summed E-state index contributed by atoms with van der Waals surface area (Å²) in [5.41, 5.74) is 7.58. The number of nitrogens with two attached hydrogens (primary N) is 1. The number of halogens is 3. The van der Waals surface area contributed by atoms with Gasteiger partial charge in [-0.25, -0.2) is 0 Å². The second-order valence-electron chi connectivity index (χ2n) is 5.60. The highest BCUT2D eigenvalue weighted by Gasteiger charge is 2.39. The standard InChI is InChI=1S/C15H22F3N3/c1-12-3-2-4-14(9-12)21-7-5-20(6-8-21)11-13(10-19)15(16,17)18/h2-4,9,13H,5-8,10-11,19H2,1H3. The Morgan fingerprint density at radius 3 is 2.38 bits per heavy atom. The highest BCUT2D eigenvalue weighted by molar-refractivity contribution is 5.48. The van der Waals surface area contributed by atoms with Crippen LogP contribution in [0.4, 0.5) is 18.9 Å². The largest absolute Gasteiger partial charge is 0.394 e. The molecule has 1 atom stereocenters. The van der Waals surface area contributed by atoms with Gasteiger partial charge in [-0.1, -0.05) is 12.1 Å². The van der Waals surface area contributed by atoms with Gasteiger partial charge in [0.2, 0.25) is 0 Å². The predicted octanol–water partition coefficient (Wildman–Crippen LogP) is 2.25. The first kappa shape index (κ1) is 16.1. The smallest absolute Gasteiger partial charge is 0.369 e. The molecule has 0 aromatic heterocycles. The van der Waals surface area contributed by atoms with Crippen LogP contribution in [0.3, 0.4) is 0 Å². The minimum Gasteiger partial charge on any atom is -0.369 e. The van der Waals surface area contributed by atoms with Crippen LogP contribution in [0.1, 0.15) is 5.56 Å². The molecular weight excluding hydrogens is 279 g/mol. The van der Waals surface area contributed by atoms with Crippen LogP contribution in [0, 0.1) is 12.8 Å². The molecule has 2 N–H and O–H groups in total. The van der Waals surface area contributed by atoms with Gasteiger partial charge in [-0.15, -0.1) is 0 Å². The van der Waals surface area contributed by atoms with E-state index in [-0.39, 0.29) is 13.1 Å². The fourth-order valence-corrected chi connectivity index (χ4v) is 2.64. The van der Waals surface area contributed by atoms with Crippen molar-refractivity contribution in [2.24, 2.45) is 11.7 Å². The molecule has 1 fully saturated rings. The van der Waals surface area contributed by atoms with Gasteiger partial charge in [0.15, 0.2) is 0 Å². The summed E-state index contributed by atoms with van der Waals surface area (Å²) in [6.07, 6.45) is -4.21. The molecular formula is C15H22F3N3. The second-order valence-corrected chi connectivity index (χ2v) is 5.60. The number of hydrogen-bond donors (Lipinski definition) is 1. The highest BCUT2D eigenvalue weighted by atomic mass is 19.4. The number of rotatable bonds is 4. The maximum absolute atomic E-state index is 12.7. The Balaban J connectivity index is 1.88. The van der Waals surface area contributed by atoms with E-state index in [1.54, 1.807) is 0 Å². The molecule has 0 radical (unpaired) electrons. The number of piperazine rings is 1. The Morgan fingerprint density at radius 1 is 1.19 bits per heavy atom. The Bertz CT molecular complexity index is 454. The number of benzene rings is 1. The maximum atomic E-state index is 12.7. The van der Waals surface area contributed by atoms with Crippen molar-refractivity contribution in [1.82, 2.24) is 4.90 Å². The first-order chi connectivity index (χ1) is 9.90. The Hall–Kier alpha value is -1.27. The first-order valence-corrected chi connectivity index (χ1v) is 7.21. The summed E-state index contributed by atoms with van der Waals surface area (Å²) < 4.78 is 38.2. The normalized spacial score (nSPS) is 18.8. The van der Waals surface area contributed by atoms with Crippen LogP contribution in [-0.2, 0) is 0 Å². The van der Waals surface area contributed by atoms with Crippen LogP contribution >= 0.6 is 0 Å². The third kappa shape index (κ3) is 4.35. The van der Waals surface area contributed by atoms with Crippen LogP contribution in [0.2, 0.25) is 0 Å². The molecule has 118 valence electrons. The van der Waals surface area contributed by atoms with E-state index in [9.17, 15) is 13.2 Å². The first-order valence-electron chi connectivity index (χ1n) is 7.21. The predicted molar refractivity (Wildman–Crippen MR) is 78.4 cm³/mol. The second kappa shape index (κ2) is 6.66. The average molecular weight is 301 g/mol. The van der Waals surface area contributed by atoms with E-state index in [4.69, 9.17) is 5.73 Å². The van der Waals surface area contributed by atoms with Gasteiger partial charge in [-0.05, 0) is 24.6 Å². The van der Waals surface area contributed by atoms with E-state index in [0.717, 1.165) is 18.8 Å².